The summed E-state index contributed by atoms with van der Waals surface area (Å²) in [5, 5.41) is 0. The van der Waals surface area contributed by atoms with Crippen LogP contribution in [-0.4, -0.2) is 6.29 Å². The second-order valence-corrected chi connectivity index (χ2v) is 6.27. The first-order valence-electron chi connectivity index (χ1n) is 8.42. The van der Waals surface area contributed by atoms with E-state index < -0.39 is 0 Å². The maximum absolute atomic E-state index is 9.87. The van der Waals surface area contributed by atoms with Crippen LogP contribution in [0.15, 0.2) is 78.9 Å². The predicted octanol–water partition coefficient (Wildman–Crippen LogP) is 5.44. The molecule has 4 radical (unpaired) electrons. The van der Waals surface area contributed by atoms with Gasteiger partial charge in [-0.05, 0) is 0 Å². The molecule has 3 heteroatoms. The third-order valence-corrected chi connectivity index (χ3v) is 4.15. The summed E-state index contributed by atoms with van der Waals surface area (Å²) in [4.78, 5) is 9.87. The van der Waals surface area contributed by atoms with Gasteiger partial charge in [-0.2, -0.15) is 72.5 Å². The van der Waals surface area contributed by atoms with Crippen molar-refractivity contribution in [2.45, 2.75) is 19.3 Å². The maximum atomic E-state index is 9.87. The molecular weight excluding hydrogens is 416 g/mol. The van der Waals surface area contributed by atoms with E-state index in [1.54, 1.807) is 12.8 Å². The molecule has 1 aliphatic rings. The molecule has 1 nitrogen and oxygen atoms in total. The minimum Gasteiger partial charge on any atom is -0.325 e. The van der Waals surface area contributed by atoms with E-state index in [2.05, 4.69) is 62.4 Å². The van der Waals surface area contributed by atoms with Crippen LogP contribution in [-0.2, 0) is 44.3 Å². The number of carbonyl (C=O) groups excluding carboxylic acids is 1. The van der Waals surface area contributed by atoms with Gasteiger partial charge in [0.25, 0.3) is 0 Å². The van der Waals surface area contributed by atoms with Crippen molar-refractivity contribution in [2.75, 3.05) is 0 Å². The van der Waals surface area contributed by atoms with Crippen LogP contribution in [0.1, 0.15) is 25.0 Å². The zero-order valence-corrected chi connectivity index (χ0v) is 17.7. The average Bonchev–Trinajstić information content (AvgIpc) is 3.46. The number of rotatable bonds is 3. The van der Waals surface area contributed by atoms with Gasteiger partial charge in [0, 0.05) is 5.92 Å². The van der Waals surface area contributed by atoms with Crippen molar-refractivity contribution < 1.29 is 38.9 Å². The summed E-state index contributed by atoms with van der Waals surface area (Å²) in [5.41, 5.74) is 2.92. The normalized spacial score (nSPS) is 13.1. The minimum atomic E-state index is 0. The van der Waals surface area contributed by atoms with E-state index in [0.29, 0.717) is 0 Å². The molecule has 1 saturated carbocycles. The van der Waals surface area contributed by atoms with E-state index in [1.165, 1.54) is 11.1 Å². The Morgan fingerprint density at radius 2 is 1.67 bits per heavy atom. The molecule has 0 unspecified atom stereocenters. The van der Waals surface area contributed by atoms with Gasteiger partial charge in [-0.15, -0.1) is 0 Å². The van der Waals surface area contributed by atoms with Crippen LogP contribution in [0.5, 0.6) is 0 Å². The standard InChI is InChI=1S/C13H14.C6H5O.C5H5.2Fe/c1-13(2,11-7-3-4-8-11)12-9-5-6-10-12;7-5-6-3-1-2-4-6;1-2-4-5-3-1;;/h3-10H,1-2H3;1-5H;1-5H;;/q-2;2*-1;2*+2. The Morgan fingerprint density at radius 1 is 0.926 bits per heavy atom. The quantitative estimate of drug-likeness (QED) is 0.301. The van der Waals surface area contributed by atoms with Gasteiger partial charge < -0.3 is 11.2 Å². The Balaban J connectivity index is 0.000000410. The third-order valence-electron chi connectivity index (χ3n) is 4.15. The molecule has 0 aromatic heterocycles. The smallest absolute Gasteiger partial charge is 0.325 e. The number of hydrogen-bond donors (Lipinski definition) is 0. The topological polar surface area (TPSA) is 17.1 Å². The zero-order chi connectivity index (χ0) is 18.0. The molecule has 0 heterocycles. The molecule has 4 rings (SSSR count). The monoisotopic (exact) mass is 440 g/mol. The maximum Gasteiger partial charge on any atom is 2.00 e. The van der Waals surface area contributed by atoms with Crippen LogP contribution in [0.3, 0.4) is 0 Å². The summed E-state index contributed by atoms with van der Waals surface area (Å²) in [5.74, 6) is 0.750. The molecule has 0 atom stereocenters. The van der Waals surface area contributed by atoms with E-state index in [9.17, 15) is 4.79 Å². The zero-order valence-electron chi connectivity index (χ0n) is 15.5. The Morgan fingerprint density at radius 3 is 2.04 bits per heavy atom. The molecule has 0 bridgehead atoms. The van der Waals surface area contributed by atoms with E-state index in [0.717, 1.165) is 12.2 Å². The summed E-state index contributed by atoms with van der Waals surface area (Å²) >= 11 is 0. The fourth-order valence-electron chi connectivity index (χ4n) is 2.54. The summed E-state index contributed by atoms with van der Waals surface area (Å²) in [6, 6.07) is 27.1. The number of aldehydes is 1. The molecule has 1 fully saturated rings. The van der Waals surface area contributed by atoms with Gasteiger partial charge in [0.2, 0.25) is 0 Å². The van der Waals surface area contributed by atoms with Crippen LogP contribution in [0, 0.1) is 31.6 Å². The second kappa shape index (κ2) is 13.9. The largest absolute Gasteiger partial charge is 2.00 e. The third kappa shape index (κ3) is 8.54. The van der Waals surface area contributed by atoms with Crippen LogP contribution in [0.25, 0.3) is 0 Å². The summed E-state index contributed by atoms with van der Waals surface area (Å²) < 4.78 is 0. The first-order chi connectivity index (χ1) is 12.1. The molecule has 0 saturated heterocycles. The molecule has 0 amide bonds. The van der Waals surface area contributed by atoms with Crippen molar-refractivity contribution >= 4 is 6.29 Å². The van der Waals surface area contributed by atoms with Crippen molar-refractivity contribution in [2.24, 2.45) is 0 Å². The van der Waals surface area contributed by atoms with Gasteiger partial charge in [-0.25, -0.2) is 30.3 Å². The fraction of sp³-hybridized carbons (Fsp3) is 0.125. The van der Waals surface area contributed by atoms with Gasteiger partial charge in [-0.3, -0.25) is 0 Å². The van der Waals surface area contributed by atoms with Crippen molar-refractivity contribution in [3.05, 3.63) is 122 Å². The molecule has 0 aliphatic heterocycles. The summed E-state index contributed by atoms with van der Waals surface area (Å²) in [7, 11) is 0. The van der Waals surface area contributed by atoms with Crippen LogP contribution >= 0.6 is 0 Å². The number of hydrogen-bond acceptors (Lipinski definition) is 1. The average molecular weight is 440 g/mol. The van der Waals surface area contributed by atoms with E-state index in [4.69, 9.17) is 0 Å². The molecule has 0 spiro atoms. The molecular formula is C24H24Fe2O. The molecule has 3 aromatic carbocycles. The Hall–Kier alpha value is -1.24. The van der Waals surface area contributed by atoms with Gasteiger partial charge in [0.05, 0.1) is 0 Å². The molecule has 0 N–H and O–H groups in total. The Bertz CT molecular complexity index is 605. The van der Waals surface area contributed by atoms with Crippen molar-refractivity contribution in [3.63, 3.8) is 0 Å². The van der Waals surface area contributed by atoms with E-state index in [-0.39, 0.29) is 39.6 Å². The van der Waals surface area contributed by atoms with Crippen molar-refractivity contribution in [1.82, 2.24) is 0 Å². The van der Waals surface area contributed by atoms with Gasteiger partial charge in [-0.1, -0.05) is 25.7 Å². The first-order valence-corrected chi connectivity index (χ1v) is 8.42. The van der Waals surface area contributed by atoms with Crippen LogP contribution < -0.4 is 0 Å². The molecule has 1 aliphatic carbocycles. The molecule has 3 aromatic rings. The number of carbonyl (C=O) groups is 1. The SMILES string of the molecule is CC(C)(c1cc[cH-]c1)c1ccc[cH-]1.O=C[C]1[CH][CH][CH-][CH]1.[Fe+2].[Fe+2].c1cc[cH-]c1. The Labute approximate surface area is 185 Å². The van der Waals surface area contributed by atoms with Crippen molar-refractivity contribution in [3.8, 4) is 0 Å². The molecule has 27 heavy (non-hydrogen) atoms. The van der Waals surface area contributed by atoms with Crippen LogP contribution in [0.2, 0.25) is 0 Å². The predicted molar refractivity (Wildman–Crippen MR) is 105 cm³/mol. The van der Waals surface area contributed by atoms with E-state index >= 15 is 0 Å². The molecule has 142 valence electrons. The Kier molecular flexibility index (Phi) is 13.2. The fourth-order valence-corrected chi connectivity index (χ4v) is 2.54. The van der Waals surface area contributed by atoms with E-state index in [1.807, 2.05) is 43.2 Å². The second-order valence-electron chi connectivity index (χ2n) is 6.27. The summed E-state index contributed by atoms with van der Waals surface area (Å²) in [6.45, 7) is 4.52. The van der Waals surface area contributed by atoms with Gasteiger partial charge in [0.15, 0.2) is 0 Å². The van der Waals surface area contributed by atoms with Gasteiger partial charge in [0.1, 0.15) is 6.29 Å². The van der Waals surface area contributed by atoms with Crippen molar-refractivity contribution in [1.29, 1.82) is 0 Å². The van der Waals surface area contributed by atoms with Crippen LogP contribution in [0.4, 0.5) is 0 Å². The summed E-state index contributed by atoms with van der Waals surface area (Å²) in [6.07, 6.45) is 8.05. The minimum absolute atomic E-state index is 0. The van der Waals surface area contributed by atoms with Gasteiger partial charge >= 0.3 is 34.1 Å². The first kappa shape index (κ1) is 25.8.